The number of fused-ring (bicyclic) bond motifs is 1. The molecule has 18 heavy (non-hydrogen) atoms. The maximum absolute atomic E-state index is 12.2. The van der Waals surface area contributed by atoms with Crippen LogP contribution >= 0.6 is 23.1 Å². The molecule has 0 bridgehead atoms. The second-order valence-corrected chi connectivity index (χ2v) is 7.00. The topological polar surface area (TPSA) is 30.0 Å². The van der Waals surface area contributed by atoms with Crippen LogP contribution in [0.15, 0.2) is 24.3 Å². The number of hydrogen-bond donors (Lipinski definition) is 0. The summed E-state index contributed by atoms with van der Waals surface area (Å²) in [5, 5.41) is 1.18. The fourth-order valence-electron chi connectivity index (χ4n) is 2.25. The standard InChI is InChI=1S/C14H15NOS2/c16-11(13-7-3-4-8-17-13)9-14-15-10-5-1-2-6-12(10)18-14/h1-2,5-6,13H,3-4,7-9H2. The molecule has 0 aliphatic carbocycles. The van der Waals surface area contributed by atoms with Crippen LogP contribution in [0.2, 0.25) is 0 Å². The van der Waals surface area contributed by atoms with Crippen molar-refractivity contribution in [2.75, 3.05) is 5.75 Å². The summed E-state index contributed by atoms with van der Waals surface area (Å²) in [7, 11) is 0. The van der Waals surface area contributed by atoms with E-state index in [0.29, 0.717) is 12.2 Å². The van der Waals surface area contributed by atoms with E-state index in [1.165, 1.54) is 17.5 Å². The zero-order valence-electron chi connectivity index (χ0n) is 10.1. The van der Waals surface area contributed by atoms with E-state index in [9.17, 15) is 4.79 Å². The normalized spacial score (nSPS) is 20.1. The molecule has 1 fully saturated rings. The predicted molar refractivity (Wildman–Crippen MR) is 78.4 cm³/mol. The second kappa shape index (κ2) is 5.41. The van der Waals surface area contributed by atoms with Gasteiger partial charge in [0.25, 0.3) is 0 Å². The summed E-state index contributed by atoms with van der Waals surface area (Å²) in [6.45, 7) is 0. The zero-order valence-corrected chi connectivity index (χ0v) is 11.7. The van der Waals surface area contributed by atoms with Gasteiger partial charge in [0.15, 0.2) is 5.78 Å². The molecule has 0 radical (unpaired) electrons. The molecule has 1 aliphatic rings. The number of Topliss-reactive ketones (excluding diaryl/α,β-unsaturated/α-hetero) is 1. The molecule has 2 nitrogen and oxygen atoms in total. The highest BCUT2D eigenvalue weighted by Gasteiger charge is 2.22. The highest BCUT2D eigenvalue weighted by Crippen LogP contribution is 2.28. The van der Waals surface area contributed by atoms with E-state index in [4.69, 9.17) is 0 Å². The number of hydrogen-bond acceptors (Lipinski definition) is 4. The van der Waals surface area contributed by atoms with E-state index in [0.717, 1.165) is 22.7 Å². The highest BCUT2D eigenvalue weighted by atomic mass is 32.2. The lowest BCUT2D eigenvalue weighted by Gasteiger charge is -2.19. The third-order valence-corrected chi connectivity index (χ3v) is 5.66. The van der Waals surface area contributed by atoms with Crippen molar-refractivity contribution < 1.29 is 4.79 Å². The molecular formula is C14H15NOS2. The molecule has 1 atom stereocenters. The van der Waals surface area contributed by atoms with Crippen molar-refractivity contribution in [3.8, 4) is 0 Å². The van der Waals surface area contributed by atoms with Crippen molar-refractivity contribution in [1.82, 2.24) is 4.98 Å². The van der Waals surface area contributed by atoms with Gasteiger partial charge in [0, 0.05) is 0 Å². The molecule has 2 heterocycles. The van der Waals surface area contributed by atoms with Gasteiger partial charge in [-0.25, -0.2) is 4.98 Å². The fourth-order valence-corrected chi connectivity index (χ4v) is 4.49. The Bertz CT molecular complexity index is 525. The van der Waals surface area contributed by atoms with Gasteiger partial charge in [-0.2, -0.15) is 11.8 Å². The second-order valence-electron chi connectivity index (χ2n) is 4.57. The summed E-state index contributed by atoms with van der Waals surface area (Å²) in [6, 6.07) is 8.08. The lowest BCUT2D eigenvalue weighted by atomic mass is 10.1. The average molecular weight is 277 g/mol. The summed E-state index contributed by atoms with van der Waals surface area (Å²) >= 11 is 3.47. The monoisotopic (exact) mass is 277 g/mol. The van der Waals surface area contributed by atoms with E-state index in [-0.39, 0.29) is 5.25 Å². The number of benzene rings is 1. The SMILES string of the molecule is O=C(Cc1nc2ccccc2s1)C1CCCCS1. The minimum atomic E-state index is 0.214. The van der Waals surface area contributed by atoms with Gasteiger partial charge in [-0.15, -0.1) is 11.3 Å². The van der Waals surface area contributed by atoms with Gasteiger partial charge in [-0.05, 0) is 30.7 Å². The third kappa shape index (κ3) is 2.59. The number of thiazole rings is 1. The molecule has 0 amide bonds. The Morgan fingerprint density at radius 3 is 3.00 bits per heavy atom. The molecule has 1 aromatic heterocycles. The van der Waals surface area contributed by atoms with E-state index in [2.05, 4.69) is 11.1 Å². The number of carbonyl (C=O) groups excluding carboxylic acids is 1. The fraction of sp³-hybridized carbons (Fsp3) is 0.429. The molecular weight excluding hydrogens is 262 g/mol. The Kier molecular flexibility index (Phi) is 3.66. The van der Waals surface area contributed by atoms with Crippen molar-refractivity contribution >= 4 is 39.1 Å². The van der Waals surface area contributed by atoms with Crippen molar-refractivity contribution in [3.05, 3.63) is 29.3 Å². The van der Waals surface area contributed by atoms with Crippen LogP contribution in [-0.2, 0) is 11.2 Å². The molecule has 2 aromatic rings. The summed E-state index contributed by atoms with van der Waals surface area (Å²) in [6.07, 6.45) is 4.02. The maximum Gasteiger partial charge on any atom is 0.152 e. The van der Waals surface area contributed by atoms with Gasteiger partial charge in [0.1, 0.15) is 5.01 Å². The van der Waals surface area contributed by atoms with Crippen LogP contribution in [0.4, 0.5) is 0 Å². The summed E-state index contributed by atoms with van der Waals surface area (Å²) in [5.74, 6) is 1.50. The Balaban J connectivity index is 1.73. The van der Waals surface area contributed by atoms with Crippen LogP contribution in [-0.4, -0.2) is 21.8 Å². The highest BCUT2D eigenvalue weighted by molar-refractivity contribution is 8.00. The molecule has 94 valence electrons. The molecule has 1 aliphatic heterocycles. The Morgan fingerprint density at radius 2 is 2.22 bits per heavy atom. The quantitative estimate of drug-likeness (QED) is 0.857. The maximum atomic E-state index is 12.2. The first-order chi connectivity index (χ1) is 8.83. The first kappa shape index (κ1) is 12.2. The summed E-state index contributed by atoms with van der Waals surface area (Å²) in [5.41, 5.74) is 1.02. The average Bonchev–Trinajstić information content (AvgIpc) is 2.82. The van der Waals surface area contributed by atoms with E-state index >= 15 is 0 Å². The van der Waals surface area contributed by atoms with Crippen LogP contribution < -0.4 is 0 Å². The predicted octanol–water partition coefficient (Wildman–Crippen LogP) is 3.69. The number of ketones is 1. The van der Waals surface area contributed by atoms with Crippen LogP contribution in [0.25, 0.3) is 10.2 Å². The van der Waals surface area contributed by atoms with Crippen LogP contribution in [0.3, 0.4) is 0 Å². The smallest absolute Gasteiger partial charge is 0.152 e. The van der Waals surface area contributed by atoms with Crippen LogP contribution in [0.5, 0.6) is 0 Å². The van der Waals surface area contributed by atoms with Crippen molar-refractivity contribution in [2.45, 2.75) is 30.9 Å². The van der Waals surface area contributed by atoms with Crippen molar-refractivity contribution in [3.63, 3.8) is 0 Å². The number of nitrogens with zero attached hydrogens (tertiary/aromatic N) is 1. The molecule has 1 unspecified atom stereocenters. The molecule has 0 N–H and O–H groups in total. The lowest BCUT2D eigenvalue weighted by molar-refractivity contribution is -0.118. The Hall–Kier alpha value is -0.870. The molecule has 1 aromatic carbocycles. The minimum absolute atomic E-state index is 0.214. The van der Waals surface area contributed by atoms with Gasteiger partial charge in [0.2, 0.25) is 0 Å². The molecule has 0 spiro atoms. The number of thioether (sulfide) groups is 1. The number of carbonyl (C=O) groups is 1. The van der Waals surface area contributed by atoms with E-state index in [1.807, 2.05) is 30.0 Å². The Morgan fingerprint density at radius 1 is 1.33 bits per heavy atom. The molecule has 0 saturated carbocycles. The van der Waals surface area contributed by atoms with Gasteiger partial charge in [0.05, 0.1) is 21.9 Å². The molecule has 4 heteroatoms. The zero-order chi connectivity index (χ0) is 12.4. The van der Waals surface area contributed by atoms with E-state index in [1.54, 1.807) is 11.3 Å². The molecule has 3 rings (SSSR count). The van der Waals surface area contributed by atoms with Gasteiger partial charge in [-0.3, -0.25) is 4.79 Å². The van der Waals surface area contributed by atoms with Gasteiger partial charge >= 0.3 is 0 Å². The number of para-hydroxylation sites is 1. The number of rotatable bonds is 3. The minimum Gasteiger partial charge on any atom is -0.298 e. The third-order valence-electron chi connectivity index (χ3n) is 3.20. The lowest BCUT2D eigenvalue weighted by Crippen LogP contribution is -2.22. The molecule has 1 saturated heterocycles. The van der Waals surface area contributed by atoms with Crippen molar-refractivity contribution in [2.24, 2.45) is 0 Å². The van der Waals surface area contributed by atoms with Gasteiger partial charge < -0.3 is 0 Å². The van der Waals surface area contributed by atoms with Crippen molar-refractivity contribution in [1.29, 1.82) is 0 Å². The van der Waals surface area contributed by atoms with Crippen LogP contribution in [0, 0.1) is 0 Å². The largest absolute Gasteiger partial charge is 0.298 e. The summed E-state index contributed by atoms with van der Waals surface area (Å²) < 4.78 is 1.18. The summed E-state index contributed by atoms with van der Waals surface area (Å²) in [4.78, 5) is 16.7. The first-order valence-corrected chi connectivity index (χ1v) is 8.18. The Labute approximate surface area is 115 Å². The van der Waals surface area contributed by atoms with E-state index < -0.39 is 0 Å². The van der Waals surface area contributed by atoms with Gasteiger partial charge in [-0.1, -0.05) is 18.6 Å². The number of aromatic nitrogens is 1. The van der Waals surface area contributed by atoms with Crippen LogP contribution in [0.1, 0.15) is 24.3 Å². The first-order valence-electron chi connectivity index (χ1n) is 6.32.